The zero-order valence-corrected chi connectivity index (χ0v) is 16.4. The molecule has 0 unspecified atom stereocenters. The number of nitrogens with zero attached hydrogens (tertiary/aromatic N) is 5. The summed E-state index contributed by atoms with van der Waals surface area (Å²) in [7, 11) is 0. The highest BCUT2D eigenvalue weighted by atomic mass is 32.2. The van der Waals surface area contributed by atoms with E-state index in [4.69, 9.17) is 0 Å². The predicted molar refractivity (Wildman–Crippen MR) is 107 cm³/mol. The van der Waals surface area contributed by atoms with Crippen LogP contribution in [0.3, 0.4) is 0 Å². The molecule has 0 atom stereocenters. The van der Waals surface area contributed by atoms with E-state index in [0.29, 0.717) is 44.5 Å². The van der Waals surface area contributed by atoms with Crippen molar-refractivity contribution >= 4 is 39.9 Å². The number of hydrogen-bond donors (Lipinski definition) is 2. The summed E-state index contributed by atoms with van der Waals surface area (Å²) in [5, 5.41) is 14.1. The second-order valence-electron chi connectivity index (χ2n) is 5.73. The first kappa shape index (κ1) is 18.3. The number of carbonyl (C=O) groups excluding carboxylic acids is 1. The molecule has 3 aromatic heterocycles. The van der Waals surface area contributed by atoms with Crippen LogP contribution in [0, 0.1) is 0 Å². The molecule has 11 heteroatoms. The van der Waals surface area contributed by atoms with Crippen LogP contribution < -0.4 is 10.9 Å². The monoisotopic (exact) mass is 413 g/mol. The van der Waals surface area contributed by atoms with Gasteiger partial charge in [-0.15, -0.1) is 10.2 Å². The smallest absolute Gasteiger partial charge is 0.274 e. The molecular weight excluding hydrogens is 398 g/mol. The van der Waals surface area contributed by atoms with Crippen LogP contribution in [0.25, 0.3) is 5.78 Å². The van der Waals surface area contributed by atoms with Gasteiger partial charge in [0.25, 0.3) is 17.2 Å². The summed E-state index contributed by atoms with van der Waals surface area (Å²) in [4.78, 5) is 33.0. The number of carbonyl (C=O) groups is 1. The van der Waals surface area contributed by atoms with Gasteiger partial charge in [-0.1, -0.05) is 48.2 Å². The Labute approximate surface area is 167 Å². The van der Waals surface area contributed by atoms with Gasteiger partial charge in [-0.05, 0) is 12.1 Å². The van der Waals surface area contributed by atoms with Crippen LogP contribution in [-0.2, 0) is 12.2 Å². The maximum atomic E-state index is 12.2. The lowest BCUT2D eigenvalue weighted by molar-refractivity contribution is 0.102. The Morgan fingerprint density at radius 2 is 2.07 bits per heavy atom. The molecule has 142 valence electrons. The maximum absolute atomic E-state index is 12.2. The number of amides is 1. The lowest BCUT2D eigenvalue weighted by Gasteiger charge is -2.00. The van der Waals surface area contributed by atoms with E-state index in [2.05, 4.69) is 30.6 Å². The Hall–Kier alpha value is -3.05. The van der Waals surface area contributed by atoms with Crippen LogP contribution in [0.4, 0.5) is 5.13 Å². The molecule has 0 aliphatic rings. The molecule has 9 nitrogen and oxygen atoms in total. The molecule has 1 amide bonds. The number of aromatic nitrogens is 6. The van der Waals surface area contributed by atoms with Gasteiger partial charge in [0.15, 0.2) is 4.34 Å². The summed E-state index contributed by atoms with van der Waals surface area (Å²) in [5.41, 5.74) is 0.949. The van der Waals surface area contributed by atoms with Gasteiger partial charge in [0, 0.05) is 23.8 Å². The van der Waals surface area contributed by atoms with Crippen molar-refractivity contribution in [1.82, 2.24) is 29.8 Å². The van der Waals surface area contributed by atoms with Gasteiger partial charge in [-0.2, -0.15) is 9.50 Å². The first-order valence-corrected chi connectivity index (χ1v) is 10.2. The number of thioether (sulfide) groups is 1. The van der Waals surface area contributed by atoms with Crippen LogP contribution >= 0.6 is 23.1 Å². The lowest BCUT2D eigenvalue weighted by atomic mass is 10.2. The van der Waals surface area contributed by atoms with Gasteiger partial charge in [0.2, 0.25) is 5.13 Å². The number of aryl methyl sites for hydroxylation is 1. The molecular formula is C17H15N7O2S2. The molecule has 0 saturated carbocycles. The minimum Gasteiger partial charge on any atom is -0.296 e. The number of fused-ring (bicyclic) bond motifs is 1. The number of hydrogen-bond acceptors (Lipinski definition) is 8. The van der Waals surface area contributed by atoms with Crippen molar-refractivity contribution in [2.45, 2.75) is 23.4 Å². The minimum absolute atomic E-state index is 0.208. The molecule has 1 aromatic carbocycles. The van der Waals surface area contributed by atoms with Crippen LogP contribution in [0.1, 0.15) is 28.8 Å². The number of rotatable bonds is 6. The highest BCUT2D eigenvalue weighted by Gasteiger charge is 2.12. The van der Waals surface area contributed by atoms with Crippen molar-refractivity contribution in [1.29, 1.82) is 0 Å². The molecule has 0 saturated heterocycles. The molecule has 3 heterocycles. The highest BCUT2D eigenvalue weighted by molar-refractivity contribution is 8.00. The summed E-state index contributed by atoms with van der Waals surface area (Å²) >= 11 is 2.66. The third-order valence-electron chi connectivity index (χ3n) is 3.77. The van der Waals surface area contributed by atoms with E-state index in [1.165, 1.54) is 33.7 Å². The fraction of sp³-hybridized carbons (Fsp3) is 0.176. The number of benzene rings is 1. The molecule has 0 aliphatic heterocycles. The normalized spacial score (nSPS) is 11.0. The zero-order valence-electron chi connectivity index (χ0n) is 14.7. The summed E-state index contributed by atoms with van der Waals surface area (Å²) in [6.45, 7) is 1.95. The van der Waals surface area contributed by atoms with Crippen molar-refractivity contribution in [3.05, 3.63) is 63.8 Å². The predicted octanol–water partition coefficient (Wildman–Crippen LogP) is 2.38. The van der Waals surface area contributed by atoms with Gasteiger partial charge in [0.05, 0.1) is 5.69 Å². The zero-order chi connectivity index (χ0) is 19.5. The van der Waals surface area contributed by atoms with Gasteiger partial charge < -0.3 is 0 Å². The van der Waals surface area contributed by atoms with E-state index >= 15 is 0 Å². The Balaban J connectivity index is 1.42. The molecule has 0 spiro atoms. The average molecular weight is 413 g/mol. The minimum atomic E-state index is -0.237. The fourth-order valence-electron chi connectivity index (χ4n) is 2.42. The van der Waals surface area contributed by atoms with Gasteiger partial charge in [0.1, 0.15) is 5.82 Å². The molecule has 4 aromatic rings. The maximum Gasteiger partial charge on any atom is 0.274 e. The van der Waals surface area contributed by atoms with Crippen LogP contribution in [-0.4, -0.2) is 35.7 Å². The Bertz CT molecular complexity index is 1180. The molecule has 0 bridgehead atoms. The van der Waals surface area contributed by atoms with E-state index in [0.717, 1.165) is 0 Å². The first-order valence-electron chi connectivity index (χ1n) is 8.42. The van der Waals surface area contributed by atoms with E-state index < -0.39 is 0 Å². The summed E-state index contributed by atoms with van der Waals surface area (Å²) in [6.07, 6.45) is 0.690. The van der Waals surface area contributed by atoms with Crippen molar-refractivity contribution in [3.8, 4) is 0 Å². The lowest BCUT2D eigenvalue weighted by Crippen LogP contribution is -2.15. The summed E-state index contributed by atoms with van der Waals surface area (Å²) < 4.78 is 2.00. The molecule has 2 N–H and O–H groups in total. The largest absolute Gasteiger partial charge is 0.296 e. The fourth-order valence-corrected chi connectivity index (χ4v) is 4.06. The van der Waals surface area contributed by atoms with E-state index in [9.17, 15) is 9.59 Å². The molecule has 0 aliphatic carbocycles. The van der Waals surface area contributed by atoms with Gasteiger partial charge in [-0.25, -0.2) is 4.98 Å². The van der Waals surface area contributed by atoms with Crippen LogP contribution in [0.15, 0.2) is 45.5 Å². The summed E-state index contributed by atoms with van der Waals surface area (Å²) in [5.74, 6) is 1.27. The average Bonchev–Trinajstić information content (AvgIpc) is 3.34. The Morgan fingerprint density at radius 3 is 2.86 bits per heavy atom. The number of nitrogens with one attached hydrogen (secondary N) is 2. The quantitative estimate of drug-likeness (QED) is 0.368. The number of aromatic amines is 1. The molecule has 4 rings (SSSR count). The highest BCUT2D eigenvalue weighted by Crippen LogP contribution is 2.28. The van der Waals surface area contributed by atoms with Crippen LogP contribution in [0.5, 0.6) is 0 Å². The number of H-pyrrole nitrogens is 1. The first-order chi connectivity index (χ1) is 13.6. The van der Waals surface area contributed by atoms with Crippen molar-refractivity contribution in [3.63, 3.8) is 0 Å². The SMILES string of the molecule is CCc1nc2nc(CSc3nnc(NC(=O)c4ccccc4)s3)cc(=O)n2[nH]1. The second-order valence-corrected chi connectivity index (χ2v) is 7.93. The Kier molecular flexibility index (Phi) is 5.17. The topological polar surface area (TPSA) is 118 Å². The molecule has 28 heavy (non-hydrogen) atoms. The van der Waals surface area contributed by atoms with Crippen LogP contribution in [0.2, 0.25) is 0 Å². The van der Waals surface area contributed by atoms with Gasteiger partial charge in [-0.3, -0.25) is 20.0 Å². The van der Waals surface area contributed by atoms with Crippen molar-refractivity contribution in [2.24, 2.45) is 0 Å². The Morgan fingerprint density at radius 1 is 1.25 bits per heavy atom. The third kappa shape index (κ3) is 3.94. The van der Waals surface area contributed by atoms with Gasteiger partial charge >= 0.3 is 0 Å². The standard InChI is InChI=1S/C17H15N7O2S2/c1-2-12-19-15-18-11(8-13(25)24(15)23-12)9-27-17-22-21-16(28-17)20-14(26)10-6-4-3-5-7-10/h3-8H,2,9H2,1H3,(H,18,19,23)(H,20,21,26). The molecule has 0 fully saturated rings. The number of anilines is 1. The van der Waals surface area contributed by atoms with Crippen molar-refractivity contribution in [2.75, 3.05) is 5.32 Å². The van der Waals surface area contributed by atoms with E-state index in [1.54, 1.807) is 24.3 Å². The van der Waals surface area contributed by atoms with E-state index in [1.807, 2.05) is 13.0 Å². The van der Waals surface area contributed by atoms with Crippen molar-refractivity contribution < 1.29 is 4.79 Å². The third-order valence-corrected chi connectivity index (χ3v) is 5.78. The second kappa shape index (κ2) is 7.90. The van der Waals surface area contributed by atoms with E-state index in [-0.39, 0.29) is 11.5 Å². The summed E-state index contributed by atoms with van der Waals surface area (Å²) in [6, 6.07) is 10.4. The molecule has 0 radical (unpaired) electrons.